The normalized spacial score (nSPS) is 19.2. The van der Waals surface area contributed by atoms with Gasteiger partial charge in [0.1, 0.15) is 11.3 Å². The highest BCUT2D eigenvalue weighted by Crippen LogP contribution is 2.39. The van der Waals surface area contributed by atoms with E-state index in [4.69, 9.17) is 9.26 Å². The summed E-state index contributed by atoms with van der Waals surface area (Å²) in [6.45, 7) is 3.12. The first-order valence-electron chi connectivity index (χ1n) is 7.61. The van der Waals surface area contributed by atoms with Crippen molar-refractivity contribution in [3.8, 4) is 11.5 Å². The first-order valence-corrected chi connectivity index (χ1v) is 7.61. The molecule has 3 aromatic heterocycles. The molecule has 4 heterocycles. The van der Waals surface area contributed by atoms with E-state index < -0.39 is 0 Å². The molecule has 8 heteroatoms. The minimum atomic E-state index is 0.456. The van der Waals surface area contributed by atoms with Crippen LogP contribution in [0.15, 0.2) is 16.9 Å². The molecular formula is C14H16N6O2. The lowest BCUT2D eigenvalue weighted by molar-refractivity contribution is 0.122. The number of ether oxygens (including phenoxy) is 1. The van der Waals surface area contributed by atoms with Crippen LogP contribution in [-0.2, 0) is 4.74 Å². The Bertz CT molecular complexity index is 808. The molecule has 1 N–H and O–H groups in total. The van der Waals surface area contributed by atoms with Gasteiger partial charge in [-0.3, -0.25) is 4.40 Å². The number of anilines is 1. The molecule has 0 amide bonds. The fourth-order valence-corrected chi connectivity index (χ4v) is 2.87. The molecule has 1 aliphatic heterocycles. The standard InChI is InChI=1S/C14H16N6O2/c1-2-9(1)13-17-12(18-22-13)10-7-15-11-8-16-14(20(10)11)19-3-5-21-6-4-19/h7-9,15H,1-6H2. The lowest BCUT2D eigenvalue weighted by atomic mass is 10.4. The summed E-state index contributed by atoms with van der Waals surface area (Å²) in [6, 6.07) is 0. The van der Waals surface area contributed by atoms with Gasteiger partial charge in [-0.25, -0.2) is 4.98 Å². The van der Waals surface area contributed by atoms with E-state index in [-0.39, 0.29) is 0 Å². The fraction of sp³-hybridized carbons (Fsp3) is 0.500. The van der Waals surface area contributed by atoms with Gasteiger partial charge in [-0.2, -0.15) is 4.98 Å². The molecule has 1 aliphatic carbocycles. The van der Waals surface area contributed by atoms with Crippen molar-refractivity contribution in [2.24, 2.45) is 0 Å². The van der Waals surface area contributed by atoms with Crippen molar-refractivity contribution in [1.29, 1.82) is 0 Å². The average molecular weight is 300 g/mol. The first kappa shape index (κ1) is 12.2. The van der Waals surface area contributed by atoms with Crippen molar-refractivity contribution in [2.45, 2.75) is 18.8 Å². The van der Waals surface area contributed by atoms with E-state index in [2.05, 4.69) is 25.0 Å². The predicted octanol–water partition coefficient (Wildman–Crippen LogP) is 1.43. The molecule has 0 bridgehead atoms. The zero-order valence-corrected chi connectivity index (χ0v) is 12.0. The minimum Gasteiger partial charge on any atom is -0.378 e. The molecule has 3 aromatic rings. The van der Waals surface area contributed by atoms with Crippen LogP contribution in [0.2, 0.25) is 0 Å². The van der Waals surface area contributed by atoms with Crippen molar-refractivity contribution < 1.29 is 9.26 Å². The van der Waals surface area contributed by atoms with Gasteiger partial charge in [0.2, 0.25) is 17.7 Å². The first-order chi connectivity index (χ1) is 10.9. The summed E-state index contributed by atoms with van der Waals surface area (Å²) in [5.74, 6) is 2.71. The topological polar surface area (TPSA) is 84.5 Å². The van der Waals surface area contributed by atoms with Gasteiger partial charge in [0.25, 0.3) is 0 Å². The number of imidazole rings is 2. The van der Waals surface area contributed by atoms with E-state index in [1.165, 1.54) is 0 Å². The number of hydrogen-bond acceptors (Lipinski definition) is 6. The highest BCUT2D eigenvalue weighted by Gasteiger charge is 2.30. The monoisotopic (exact) mass is 300 g/mol. The lowest BCUT2D eigenvalue weighted by Crippen LogP contribution is -2.37. The second kappa shape index (κ2) is 4.57. The van der Waals surface area contributed by atoms with Crippen LogP contribution in [0.1, 0.15) is 24.7 Å². The van der Waals surface area contributed by atoms with Crippen molar-refractivity contribution >= 4 is 11.6 Å². The number of rotatable bonds is 3. The predicted molar refractivity (Wildman–Crippen MR) is 77.8 cm³/mol. The van der Waals surface area contributed by atoms with Crippen LogP contribution >= 0.6 is 0 Å². The Hall–Kier alpha value is -2.35. The number of morpholine rings is 1. The van der Waals surface area contributed by atoms with Gasteiger partial charge < -0.3 is 19.1 Å². The maximum Gasteiger partial charge on any atom is 0.230 e. The summed E-state index contributed by atoms with van der Waals surface area (Å²) in [4.78, 5) is 14.5. The van der Waals surface area contributed by atoms with Gasteiger partial charge in [0.05, 0.1) is 19.4 Å². The lowest BCUT2D eigenvalue weighted by Gasteiger charge is -2.27. The molecule has 0 atom stereocenters. The molecule has 0 radical (unpaired) electrons. The van der Waals surface area contributed by atoms with Crippen LogP contribution in [0, 0.1) is 0 Å². The number of nitrogens with one attached hydrogen (secondary N) is 1. The Labute approximate surface area is 126 Å². The quantitative estimate of drug-likeness (QED) is 0.787. The van der Waals surface area contributed by atoms with Gasteiger partial charge in [-0.05, 0) is 12.8 Å². The molecular weight excluding hydrogens is 284 g/mol. The van der Waals surface area contributed by atoms with Crippen LogP contribution in [0.3, 0.4) is 0 Å². The number of hydrogen-bond donors (Lipinski definition) is 1. The van der Waals surface area contributed by atoms with Gasteiger partial charge in [-0.15, -0.1) is 0 Å². The Morgan fingerprint density at radius 2 is 2.09 bits per heavy atom. The fourth-order valence-electron chi connectivity index (χ4n) is 2.87. The van der Waals surface area contributed by atoms with E-state index in [9.17, 15) is 0 Å². The smallest absolute Gasteiger partial charge is 0.230 e. The van der Waals surface area contributed by atoms with Crippen molar-refractivity contribution in [2.75, 3.05) is 31.2 Å². The van der Waals surface area contributed by atoms with E-state index >= 15 is 0 Å². The third-order valence-corrected chi connectivity index (χ3v) is 4.23. The summed E-state index contributed by atoms with van der Waals surface area (Å²) in [6.07, 6.45) is 6.03. The number of aromatic nitrogens is 5. The third kappa shape index (κ3) is 1.83. The molecule has 5 rings (SSSR count). The molecule has 0 aromatic carbocycles. The third-order valence-electron chi connectivity index (χ3n) is 4.23. The minimum absolute atomic E-state index is 0.456. The molecule has 1 saturated carbocycles. The van der Waals surface area contributed by atoms with Crippen molar-refractivity contribution in [1.82, 2.24) is 24.5 Å². The number of nitrogens with zero attached hydrogens (tertiary/aromatic N) is 5. The average Bonchev–Trinajstić information content (AvgIpc) is 2.99. The van der Waals surface area contributed by atoms with Crippen LogP contribution in [0.4, 0.5) is 5.95 Å². The molecule has 1 saturated heterocycles. The van der Waals surface area contributed by atoms with Crippen molar-refractivity contribution in [3.63, 3.8) is 0 Å². The van der Waals surface area contributed by atoms with Gasteiger partial charge in [0, 0.05) is 25.2 Å². The Balaban J connectivity index is 1.59. The molecule has 2 aliphatic rings. The molecule has 0 spiro atoms. The summed E-state index contributed by atoms with van der Waals surface area (Å²) >= 11 is 0. The SMILES string of the molecule is c1[nH]c2cnc(N3CCOCC3)n2c1-c1noc(C2CC2)n1. The van der Waals surface area contributed by atoms with Crippen LogP contribution < -0.4 is 4.90 Å². The van der Waals surface area contributed by atoms with Gasteiger partial charge >= 0.3 is 0 Å². The summed E-state index contributed by atoms with van der Waals surface area (Å²) in [7, 11) is 0. The van der Waals surface area contributed by atoms with E-state index in [1.807, 2.05) is 16.8 Å². The molecule has 2 fully saturated rings. The van der Waals surface area contributed by atoms with Crippen LogP contribution in [0.5, 0.6) is 0 Å². The highest BCUT2D eigenvalue weighted by atomic mass is 16.5. The number of fused-ring (bicyclic) bond motifs is 1. The van der Waals surface area contributed by atoms with E-state index in [0.29, 0.717) is 11.7 Å². The molecule has 0 unspecified atom stereocenters. The van der Waals surface area contributed by atoms with Crippen molar-refractivity contribution in [3.05, 3.63) is 18.3 Å². The van der Waals surface area contributed by atoms with Crippen LogP contribution in [0.25, 0.3) is 17.2 Å². The molecule has 22 heavy (non-hydrogen) atoms. The maximum absolute atomic E-state index is 5.42. The molecule has 114 valence electrons. The zero-order chi connectivity index (χ0) is 14.5. The summed E-state index contributed by atoms with van der Waals surface area (Å²) in [5.41, 5.74) is 1.80. The van der Waals surface area contributed by atoms with E-state index in [1.54, 1.807) is 0 Å². The Kier molecular flexibility index (Phi) is 2.54. The van der Waals surface area contributed by atoms with E-state index in [0.717, 1.165) is 62.3 Å². The van der Waals surface area contributed by atoms with Crippen LogP contribution in [-0.4, -0.2) is 50.8 Å². The largest absolute Gasteiger partial charge is 0.378 e. The number of aromatic amines is 1. The number of H-pyrrole nitrogens is 1. The Morgan fingerprint density at radius 3 is 2.91 bits per heavy atom. The summed E-state index contributed by atoms with van der Waals surface area (Å²) in [5, 5.41) is 4.14. The second-order valence-corrected chi connectivity index (χ2v) is 5.78. The van der Waals surface area contributed by atoms with Gasteiger partial charge in [0.15, 0.2) is 0 Å². The zero-order valence-electron chi connectivity index (χ0n) is 12.0. The Morgan fingerprint density at radius 1 is 1.23 bits per heavy atom. The van der Waals surface area contributed by atoms with Gasteiger partial charge in [-0.1, -0.05) is 5.16 Å². The second-order valence-electron chi connectivity index (χ2n) is 5.78. The maximum atomic E-state index is 5.42. The molecule has 8 nitrogen and oxygen atoms in total. The summed E-state index contributed by atoms with van der Waals surface area (Å²) < 4.78 is 12.8. The highest BCUT2D eigenvalue weighted by molar-refractivity contribution is 5.61.